The van der Waals surface area contributed by atoms with Gasteiger partial charge in [0.1, 0.15) is 12.2 Å². The van der Waals surface area contributed by atoms with Crippen molar-refractivity contribution in [3.8, 4) is 0 Å². The molecule has 0 aromatic heterocycles. The molecule has 0 amide bonds. The van der Waals surface area contributed by atoms with Gasteiger partial charge < -0.3 is 14.2 Å². The maximum atomic E-state index is 13.6. The summed E-state index contributed by atoms with van der Waals surface area (Å²) in [6.07, 6.45) is -1.11. The van der Waals surface area contributed by atoms with Gasteiger partial charge in [-0.05, 0) is 31.6 Å². The van der Waals surface area contributed by atoms with E-state index in [0.29, 0.717) is 25.7 Å². The standard InChI is InChI=1S/C22H28F4O9S/c1-10-13-9-14-15(10)17(35-20(14)29)16(13)34-19(28)12-6-3-2-5-11(12)18(27)33-8-4-7-21(23,24)22(25,26)36(30,31)32/h10-17H,2-9H2,1H3,(H,30,31,32)/t10-,11?,12?,13?,14?,15?,16?,17?/m1/s1. The van der Waals surface area contributed by atoms with Crippen LogP contribution in [0.3, 0.4) is 0 Å². The predicted octanol–water partition coefficient (Wildman–Crippen LogP) is 2.97. The van der Waals surface area contributed by atoms with E-state index in [9.17, 15) is 40.4 Å². The molecular formula is C22H28F4O9S. The Morgan fingerprint density at radius 1 is 1.11 bits per heavy atom. The maximum absolute atomic E-state index is 13.6. The first-order valence-electron chi connectivity index (χ1n) is 12.0. The zero-order valence-corrected chi connectivity index (χ0v) is 20.2. The first kappa shape index (κ1) is 27.1. The number of ether oxygens (including phenoxy) is 3. The molecule has 3 aliphatic carbocycles. The summed E-state index contributed by atoms with van der Waals surface area (Å²) in [5, 5.41) is -5.69. The molecule has 7 unspecified atom stereocenters. The van der Waals surface area contributed by atoms with Gasteiger partial charge in [-0.1, -0.05) is 19.8 Å². The van der Waals surface area contributed by atoms with E-state index in [0.717, 1.165) is 0 Å². The predicted molar refractivity (Wildman–Crippen MR) is 111 cm³/mol. The van der Waals surface area contributed by atoms with E-state index >= 15 is 0 Å². The van der Waals surface area contributed by atoms with Gasteiger partial charge in [0.25, 0.3) is 0 Å². The molecule has 204 valence electrons. The molecule has 1 heterocycles. The van der Waals surface area contributed by atoms with Crippen LogP contribution in [0.4, 0.5) is 17.6 Å². The van der Waals surface area contributed by atoms with E-state index in [1.165, 1.54) is 0 Å². The fourth-order valence-corrected chi connectivity index (χ4v) is 6.82. The Morgan fingerprint density at radius 2 is 1.72 bits per heavy atom. The molecule has 1 N–H and O–H groups in total. The van der Waals surface area contributed by atoms with Crippen molar-refractivity contribution in [1.29, 1.82) is 0 Å². The van der Waals surface area contributed by atoms with Gasteiger partial charge in [0.05, 0.1) is 24.4 Å². The first-order valence-corrected chi connectivity index (χ1v) is 13.4. The number of alkyl halides is 4. The number of rotatable bonds is 9. The normalized spacial score (nSPS) is 36.0. The average molecular weight is 545 g/mol. The Hall–Kier alpha value is -1.96. The Morgan fingerprint density at radius 3 is 2.33 bits per heavy atom. The second kappa shape index (κ2) is 9.41. The number of carbonyl (C=O) groups is 3. The van der Waals surface area contributed by atoms with Crippen LogP contribution in [-0.2, 0) is 38.7 Å². The van der Waals surface area contributed by atoms with Crippen LogP contribution in [0.2, 0.25) is 0 Å². The van der Waals surface area contributed by atoms with E-state index in [1.54, 1.807) is 0 Å². The molecule has 0 aromatic carbocycles. The highest BCUT2D eigenvalue weighted by Crippen LogP contribution is 2.59. The van der Waals surface area contributed by atoms with E-state index < -0.39 is 76.7 Å². The molecule has 2 bridgehead atoms. The van der Waals surface area contributed by atoms with Gasteiger partial charge in [0.15, 0.2) is 0 Å². The molecule has 9 nitrogen and oxygen atoms in total. The van der Waals surface area contributed by atoms with Crippen LogP contribution in [0.1, 0.15) is 51.9 Å². The van der Waals surface area contributed by atoms with Crippen molar-refractivity contribution in [2.45, 2.75) is 75.3 Å². The highest BCUT2D eigenvalue weighted by atomic mass is 32.2. The Kier molecular flexibility index (Phi) is 7.08. The molecule has 1 saturated heterocycles. The second-order valence-electron chi connectivity index (χ2n) is 10.2. The van der Waals surface area contributed by atoms with Crippen LogP contribution >= 0.6 is 0 Å². The highest BCUT2D eigenvalue weighted by Gasteiger charge is 2.67. The van der Waals surface area contributed by atoms with Gasteiger partial charge in [-0.25, -0.2) is 0 Å². The summed E-state index contributed by atoms with van der Waals surface area (Å²) >= 11 is 0. The minimum Gasteiger partial charge on any atom is -0.465 e. The van der Waals surface area contributed by atoms with Crippen LogP contribution < -0.4 is 0 Å². The maximum Gasteiger partial charge on any atom is 0.431 e. The van der Waals surface area contributed by atoms with Crippen molar-refractivity contribution < 1.29 is 59.1 Å². The molecule has 0 radical (unpaired) electrons. The van der Waals surface area contributed by atoms with Crippen molar-refractivity contribution in [2.75, 3.05) is 6.61 Å². The summed E-state index contributed by atoms with van der Waals surface area (Å²) in [5.41, 5.74) is 0. The van der Waals surface area contributed by atoms with Crippen LogP contribution in [0.25, 0.3) is 0 Å². The SMILES string of the molecule is C[C@@H]1C2CC3C(=O)OC(C2OC(=O)C2CCCCC2C(=O)OCCCC(F)(F)C(F)(F)S(=O)(=O)O)C31. The third-order valence-corrected chi connectivity index (χ3v) is 9.15. The summed E-state index contributed by atoms with van der Waals surface area (Å²) in [6, 6.07) is 0. The van der Waals surface area contributed by atoms with Crippen LogP contribution in [-0.4, -0.2) is 60.9 Å². The lowest BCUT2D eigenvalue weighted by Crippen LogP contribution is -2.46. The van der Waals surface area contributed by atoms with Gasteiger partial charge in [-0.15, -0.1) is 0 Å². The number of hydrogen-bond donors (Lipinski definition) is 1. The number of carbonyl (C=O) groups excluding carboxylic acids is 3. The molecule has 14 heteroatoms. The molecule has 0 spiro atoms. The quantitative estimate of drug-likeness (QED) is 0.153. The van der Waals surface area contributed by atoms with Crippen LogP contribution in [0.15, 0.2) is 0 Å². The Bertz CT molecular complexity index is 1020. The van der Waals surface area contributed by atoms with Gasteiger partial charge >= 0.3 is 39.2 Å². The van der Waals surface area contributed by atoms with Crippen molar-refractivity contribution in [1.82, 2.24) is 0 Å². The third-order valence-electron chi connectivity index (χ3n) is 8.21. The summed E-state index contributed by atoms with van der Waals surface area (Å²) in [4.78, 5) is 37.7. The number of hydrogen-bond acceptors (Lipinski definition) is 8. The van der Waals surface area contributed by atoms with Crippen molar-refractivity contribution in [2.24, 2.45) is 35.5 Å². The third kappa shape index (κ3) is 4.48. The van der Waals surface area contributed by atoms with Crippen LogP contribution in [0, 0.1) is 35.5 Å². The Labute approximate surface area is 204 Å². The smallest absolute Gasteiger partial charge is 0.431 e. The lowest BCUT2D eigenvalue weighted by atomic mass is 9.79. The number of halogens is 4. The Balaban J connectivity index is 1.31. The summed E-state index contributed by atoms with van der Waals surface area (Å²) in [6.45, 7) is 1.28. The average Bonchev–Trinajstić information content (AvgIpc) is 3.35. The zero-order chi connectivity index (χ0) is 26.6. The van der Waals surface area contributed by atoms with Crippen molar-refractivity contribution in [3.63, 3.8) is 0 Å². The van der Waals surface area contributed by atoms with Gasteiger partial charge in [-0.3, -0.25) is 18.9 Å². The highest BCUT2D eigenvalue weighted by molar-refractivity contribution is 7.87. The van der Waals surface area contributed by atoms with Crippen molar-refractivity contribution in [3.05, 3.63) is 0 Å². The molecule has 4 fully saturated rings. The lowest BCUT2D eigenvalue weighted by Gasteiger charge is -2.32. The minimum absolute atomic E-state index is 0.00116. The second-order valence-corrected chi connectivity index (χ2v) is 11.7. The first-order chi connectivity index (χ1) is 16.7. The monoisotopic (exact) mass is 544 g/mol. The molecular weight excluding hydrogens is 516 g/mol. The number of fused-ring (bicyclic) bond motifs is 1. The van der Waals surface area contributed by atoms with E-state index in [2.05, 4.69) is 0 Å². The fourth-order valence-electron chi connectivity index (χ4n) is 6.34. The molecule has 36 heavy (non-hydrogen) atoms. The van der Waals surface area contributed by atoms with Crippen molar-refractivity contribution >= 4 is 28.0 Å². The van der Waals surface area contributed by atoms with E-state index in [4.69, 9.17) is 18.8 Å². The number of esters is 3. The zero-order valence-electron chi connectivity index (χ0n) is 19.4. The fraction of sp³-hybridized carbons (Fsp3) is 0.864. The topological polar surface area (TPSA) is 133 Å². The summed E-state index contributed by atoms with van der Waals surface area (Å²) in [5.74, 6) is -8.65. The molecule has 4 rings (SSSR count). The largest absolute Gasteiger partial charge is 0.465 e. The van der Waals surface area contributed by atoms with E-state index in [1.807, 2.05) is 6.92 Å². The summed E-state index contributed by atoms with van der Waals surface area (Å²) < 4.78 is 99.4. The molecule has 3 saturated carbocycles. The summed E-state index contributed by atoms with van der Waals surface area (Å²) in [7, 11) is -6.34. The molecule has 8 atom stereocenters. The van der Waals surface area contributed by atoms with E-state index in [-0.39, 0.29) is 36.1 Å². The molecule has 0 aromatic rings. The lowest BCUT2D eigenvalue weighted by molar-refractivity contribution is -0.174. The molecule has 1 aliphatic heterocycles. The van der Waals surface area contributed by atoms with Gasteiger partial charge in [0, 0.05) is 18.3 Å². The van der Waals surface area contributed by atoms with Crippen LogP contribution in [0.5, 0.6) is 0 Å². The van der Waals surface area contributed by atoms with Gasteiger partial charge in [-0.2, -0.15) is 26.0 Å². The minimum atomic E-state index is -6.34. The van der Waals surface area contributed by atoms with Gasteiger partial charge in [0.2, 0.25) is 0 Å². The molecule has 4 aliphatic rings.